The van der Waals surface area contributed by atoms with Gasteiger partial charge in [-0.05, 0) is 36.4 Å². The Morgan fingerprint density at radius 2 is 1.84 bits per heavy atom. The molecule has 0 aromatic heterocycles. The average Bonchev–Trinajstić information content (AvgIpc) is 2.55. The summed E-state index contributed by atoms with van der Waals surface area (Å²) in [4.78, 5) is 12.2. The molecule has 0 atom stereocenters. The summed E-state index contributed by atoms with van der Waals surface area (Å²) in [5, 5.41) is 6.34. The van der Waals surface area contributed by atoms with E-state index in [1.165, 1.54) is 32.3 Å². The first kappa shape index (κ1) is 19.5. The Labute approximate surface area is 156 Å². The zero-order chi connectivity index (χ0) is 18.6. The molecule has 0 aliphatic rings. The summed E-state index contributed by atoms with van der Waals surface area (Å²) in [5.41, 5.74) is 0.960. The molecular formula is C16H17Cl2N3O3S. The number of carbonyl (C=O) groups is 1. The predicted molar refractivity (Wildman–Crippen MR) is 101 cm³/mol. The van der Waals surface area contributed by atoms with E-state index in [0.717, 1.165) is 4.31 Å². The molecule has 9 heteroatoms. The minimum Gasteiger partial charge on any atom is -0.376 e. The van der Waals surface area contributed by atoms with Crippen LogP contribution in [0.1, 0.15) is 0 Å². The Kier molecular flexibility index (Phi) is 6.29. The molecule has 0 bridgehead atoms. The number of nitrogens with zero attached hydrogens (tertiary/aromatic N) is 1. The standard InChI is InChI=1S/C16H17Cl2N3O3S/c1-21(2)25(23,24)13-5-3-4-12(9-13)19-10-16(22)20-15-7-6-11(17)8-14(15)18/h3-9,19H,10H2,1-2H3,(H,20,22). The van der Waals surface area contributed by atoms with Gasteiger partial charge in [0.2, 0.25) is 15.9 Å². The lowest BCUT2D eigenvalue weighted by Crippen LogP contribution is -2.23. The molecule has 2 rings (SSSR count). The van der Waals surface area contributed by atoms with Crippen LogP contribution in [-0.4, -0.2) is 39.3 Å². The van der Waals surface area contributed by atoms with Gasteiger partial charge in [-0.2, -0.15) is 0 Å². The van der Waals surface area contributed by atoms with Crippen LogP contribution < -0.4 is 10.6 Å². The maximum atomic E-state index is 12.1. The molecule has 0 radical (unpaired) electrons. The highest BCUT2D eigenvalue weighted by molar-refractivity contribution is 7.89. The molecule has 134 valence electrons. The molecule has 6 nitrogen and oxygen atoms in total. The van der Waals surface area contributed by atoms with Crippen molar-refractivity contribution < 1.29 is 13.2 Å². The number of sulfonamides is 1. The third-order valence-corrected chi connectivity index (χ3v) is 5.63. The van der Waals surface area contributed by atoms with Gasteiger partial charge in [-0.15, -0.1) is 0 Å². The van der Waals surface area contributed by atoms with Crippen LogP contribution >= 0.6 is 23.2 Å². The first-order chi connectivity index (χ1) is 11.7. The Morgan fingerprint density at radius 1 is 1.12 bits per heavy atom. The second kappa shape index (κ2) is 8.05. The van der Waals surface area contributed by atoms with Crippen molar-refractivity contribution >= 4 is 50.5 Å². The first-order valence-electron chi connectivity index (χ1n) is 7.21. The van der Waals surface area contributed by atoms with Crippen LogP contribution in [0, 0.1) is 0 Å². The Bertz CT molecular complexity index is 886. The van der Waals surface area contributed by atoms with E-state index < -0.39 is 10.0 Å². The third-order valence-electron chi connectivity index (χ3n) is 3.27. The van der Waals surface area contributed by atoms with Crippen LogP contribution in [0.2, 0.25) is 10.0 Å². The minimum absolute atomic E-state index is 0.0512. The number of amides is 1. The molecule has 0 saturated carbocycles. The van der Waals surface area contributed by atoms with Crippen molar-refractivity contribution in [3.8, 4) is 0 Å². The van der Waals surface area contributed by atoms with E-state index in [4.69, 9.17) is 23.2 Å². The summed E-state index contributed by atoms with van der Waals surface area (Å²) in [7, 11) is -0.619. The van der Waals surface area contributed by atoms with E-state index in [0.29, 0.717) is 21.4 Å². The summed E-state index contributed by atoms with van der Waals surface area (Å²) < 4.78 is 25.4. The van der Waals surface area contributed by atoms with Crippen LogP contribution in [0.25, 0.3) is 0 Å². The van der Waals surface area contributed by atoms with E-state index in [9.17, 15) is 13.2 Å². The topological polar surface area (TPSA) is 78.5 Å². The lowest BCUT2D eigenvalue weighted by Gasteiger charge is -2.13. The highest BCUT2D eigenvalue weighted by Gasteiger charge is 2.17. The monoisotopic (exact) mass is 401 g/mol. The van der Waals surface area contributed by atoms with Gasteiger partial charge in [0.25, 0.3) is 0 Å². The maximum Gasteiger partial charge on any atom is 0.243 e. The number of hydrogen-bond acceptors (Lipinski definition) is 4. The lowest BCUT2D eigenvalue weighted by atomic mass is 10.3. The fraction of sp³-hybridized carbons (Fsp3) is 0.188. The second-order valence-electron chi connectivity index (χ2n) is 5.34. The molecule has 25 heavy (non-hydrogen) atoms. The van der Waals surface area contributed by atoms with Crippen molar-refractivity contribution in [1.82, 2.24) is 4.31 Å². The summed E-state index contributed by atoms with van der Waals surface area (Å²) >= 11 is 11.8. The Morgan fingerprint density at radius 3 is 2.48 bits per heavy atom. The molecule has 1 amide bonds. The number of anilines is 2. The van der Waals surface area contributed by atoms with Crippen LogP contribution in [0.5, 0.6) is 0 Å². The number of hydrogen-bond donors (Lipinski definition) is 2. The molecular weight excluding hydrogens is 385 g/mol. The van der Waals surface area contributed by atoms with Crippen molar-refractivity contribution in [3.63, 3.8) is 0 Å². The molecule has 2 N–H and O–H groups in total. The number of halogens is 2. The summed E-state index contributed by atoms with van der Waals surface area (Å²) in [6, 6.07) is 11.0. The van der Waals surface area contributed by atoms with Crippen molar-refractivity contribution in [3.05, 3.63) is 52.5 Å². The van der Waals surface area contributed by atoms with Gasteiger partial charge in [0.05, 0.1) is 22.2 Å². The summed E-state index contributed by atoms with van der Waals surface area (Å²) in [6.07, 6.45) is 0. The van der Waals surface area contributed by atoms with Gasteiger partial charge in [-0.25, -0.2) is 12.7 Å². The predicted octanol–water partition coefficient (Wildman–Crippen LogP) is 3.29. The van der Waals surface area contributed by atoms with Gasteiger partial charge in [0.15, 0.2) is 0 Å². The minimum atomic E-state index is -3.53. The van der Waals surface area contributed by atoms with Crippen LogP contribution in [0.3, 0.4) is 0 Å². The first-order valence-corrected chi connectivity index (χ1v) is 9.41. The van der Waals surface area contributed by atoms with E-state index in [1.807, 2.05) is 0 Å². The molecule has 0 unspecified atom stereocenters. The van der Waals surface area contributed by atoms with Crippen molar-refractivity contribution in [2.45, 2.75) is 4.90 Å². The van der Waals surface area contributed by atoms with Gasteiger partial charge in [0, 0.05) is 24.8 Å². The van der Waals surface area contributed by atoms with E-state index >= 15 is 0 Å². The van der Waals surface area contributed by atoms with Gasteiger partial charge < -0.3 is 10.6 Å². The molecule has 0 aliphatic carbocycles. The van der Waals surface area contributed by atoms with Crippen LogP contribution in [-0.2, 0) is 14.8 Å². The van der Waals surface area contributed by atoms with Gasteiger partial charge in [-0.3, -0.25) is 4.79 Å². The lowest BCUT2D eigenvalue weighted by molar-refractivity contribution is -0.114. The third kappa shape index (κ3) is 5.09. The summed E-state index contributed by atoms with van der Waals surface area (Å²) in [6.45, 7) is -0.0512. The molecule has 0 spiro atoms. The largest absolute Gasteiger partial charge is 0.376 e. The molecule has 0 fully saturated rings. The Balaban J connectivity index is 2.03. The number of carbonyl (C=O) groups excluding carboxylic acids is 1. The summed E-state index contributed by atoms with van der Waals surface area (Å²) in [5.74, 6) is -0.329. The zero-order valence-corrected chi connectivity index (χ0v) is 15.9. The maximum absolute atomic E-state index is 12.1. The average molecular weight is 402 g/mol. The second-order valence-corrected chi connectivity index (χ2v) is 8.34. The van der Waals surface area contributed by atoms with Crippen LogP contribution in [0.4, 0.5) is 11.4 Å². The molecule has 2 aromatic carbocycles. The van der Waals surface area contributed by atoms with Gasteiger partial charge in [0.1, 0.15) is 0 Å². The highest BCUT2D eigenvalue weighted by Crippen LogP contribution is 2.25. The smallest absolute Gasteiger partial charge is 0.243 e. The van der Waals surface area contributed by atoms with Crippen molar-refractivity contribution in [2.24, 2.45) is 0 Å². The van der Waals surface area contributed by atoms with E-state index in [2.05, 4.69) is 10.6 Å². The van der Waals surface area contributed by atoms with E-state index in [-0.39, 0.29) is 17.3 Å². The fourth-order valence-corrected chi connectivity index (χ4v) is 3.35. The van der Waals surface area contributed by atoms with Gasteiger partial charge >= 0.3 is 0 Å². The normalized spacial score (nSPS) is 11.4. The van der Waals surface area contributed by atoms with E-state index in [1.54, 1.807) is 24.3 Å². The van der Waals surface area contributed by atoms with Crippen LogP contribution in [0.15, 0.2) is 47.4 Å². The molecule has 0 aliphatic heterocycles. The fourth-order valence-electron chi connectivity index (χ4n) is 1.94. The SMILES string of the molecule is CN(C)S(=O)(=O)c1cccc(NCC(=O)Nc2ccc(Cl)cc2Cl)c1. The van der Waals surface area contributed by atoms with Crippen molar-refractivity contribution in [2.75, 3.05) is 31.3 Å². The Hall–Kier alpha value is -1.80. The van der Waals surface area contributed by atoms with Gasteiger partial charge in [-0.1, -0.05) is 29.3 Å². The quantitative estimate of drug-likeness (QED) is 0.777. The highest BCUT2D eigenvalue weighted by atomic mass is 35.5. The molecule has 0 heterocycles. The molecule has 2 aromatic rings. The number of nitrogens with one attached hydrogen (secondary N) is 2. The number of benzene rings is 2. The van der Waals surface area contributed by atoms with Crippen molar-refractivity contribution in [1.29, 1.82) is 0 Å². The zero-order valence-electron chi connectivity index (χ0n) is 13.6. The number of rotatable bonds is 6. The molecule has 0 saturated heterocycles.